The summed E-state index contributed by atoms with van der Waals surface area (Å²) in [6.07, 6.45) is 2.48. The van der Waals surface area contributed by atoms with E-state index in [2.05, 4.69) is 10.6 Å². The van der Waals surface area contributed by atoms with Crippen molar-refractivity contribution in [1.82, 2.24) is 10.6 Å². The van der Waals surface area contributed by atoms with Gasteiger partial charge in [0.1, 0.15) is 0 Å². The highest BCUT2D eigenvalue weighted by atomic mass is 32.2. The summed E-state index contributed by atoms with van der Waals surface area (Å²) in [5, 5.41) is 11.9. The van der Waals surface area contributed by atoms with Crippen LogP contribution in [0.5, 0.6) is 0 Å². The second-order valence-corrected chi connectivity index (χ2v) is 6.60. The van der Waals surface area contributed by atoms with E-state index in [4.69, 9.17) is 5.14 Å². The first-order chi connectivity index (χ1) is 9.05. The van der Waals surface area contributed by atoms with E-state index in [9.17, 15) is 8.42 Å². The number of nitrogens with one attached hydrogen (secondary N) is 2. The van der Waals surface area contributed by atoms with Gasteiger partial charge in [-0.1, -0.05) is 12.1 Å². The Morgan fingerprint density at radius 2 is 2.26 bits per heavy atom. The molecule has 1 aromatic rings. The van der Waals surface area contributed by atoms with E-state index in [1.54, 1.807) is 12.1 Å². The fourth-order valence-corrected chi connectivity index (χ4v) is 2.94. The van der Waals surface area contributed by atoms with E-state index >= 15 is 0 Å². The second-order valence-electron chi connectivity index (χ2n) is 5.04. The summed E-state index contributed by atoms with van der Waals surface area (Å²) in [5.41, 5.74) is 0.940. The normalized spacial score (nSPS) is 20.4. The van der Waals surface area contributed by atoms with Crippen LogP contribution < -0.4 is 15.8 Å². The molecular weight excluding hydrogens is 262 g/mol. The molecule has 0 spiro atoms. The zero-order chi connectivity index (χ0) is 13.7. The third kappa shape index (κ3) is 4.58. The van der Waals surface area contributed by atoms with Crippen LogP contribution in [0.25, 0.3) is 0 Å². The highest BCUT2D eigenvalue weighted by molar-refractivity contribution is 7.89. The van der Waals surface area contributed by atoms with Gasteiger partial charge in [0, 0.05) is 6.54 Å². The number of hydrogen-bond donors (Lipinski definition) is 3. The first-order valence-corrected chi connectivity index (χ1v) is 8.13. The zero-order valence-corrected chi connectivity index (χ0v) is 11.7. The summed E-state index contributed by atoms with van der Waals surface area (Å²) in [6.45, 7) is 3.80. The predicted molar refractivity (Wildman–Crippen MR) is 75.1 cm³/mol. The van der Waals surface area contributed by atoms with E-state index < -0.39 is 10.0 Å². The van der Waals surface area contributed by atoms with E-state index in [0.717, 1.165) is 25.2 Å². The maximum Gasteiger partial charge on any atom is 0.238 e. The van der Waals surface area contributed by atoms with Crippen LogP contribution in [0.4, 0.5) is 0 Å². The van der Waals surface area contributed by atoms with Crippen molar-refractivity contribution in [3.05, 3.63) is 29.8 Å². The molecule has 0 amide bonds. The van der Waals surface area contributed by atoms with Crippen LogP contribution in [0.1, 0.15) is 18.4 Å². The van der Waals surface area contributed by atoms with Gasteiger partial charge in [-0.25, -0.2) is 13.6 Å². The molecule has 1 fully saturated rings. The van der Waals surface area contributed by atoms with Crippen LogP contribution in [0.15, 0.2) is 29.2 Å². The molecule has 1 aromatic carbocycles. The minimum atomic E-state index is -3.61. The molecular formula is C13H21N3O2S. The lowest BCUT2D eigenvalue weighted by atomic mass is 10.00. The molecule has 4 N–H and O–H groups in total. The summed E-state index contributed by atoms with van der Waals surface area (Å²) >= 11 is 0. The third-order valence-corrected chi connectivity index (χ3v) is 4.30. The fourth-order valence-electron chi connectivity index (χ4n) is 2.35. The summed E-state index contributed by atoms with van der Waals surface area (Å²) in [5.74, 6) is 0.662. The van der Waals surface area contributed by atoms with Crippen LogP contribution in [-0.2, 0) is 16.6 Å². The largest absolute Gasteiger partial charge is 0.316 e. The van der Waals surface area contributed by atoms with Crippen molar-refractivity contribution in [3.63, 3.8) is 0 Å². The van der Waals surface area contributed by atoms with Crippen LogP contribution in [0.3, 0.4) is 0 Å². The quantitative estimate of drug-likeness (QED) is 0.731. The van der Waals surface area contributed by atoms with Crippen molar-refractivity contribution in [2.45, 2.75) is 24.3 Å². The number of primary sulfonamides is 1. The Morgan fingerprint density at radius 1 is 1.42 bits per heavy atom. The van der Waals surface area contributed by atoms with Gasteiger partial charge in [0.2, 0.25) is 10.0 Å². The highest BCUT2D eigenvalue weighted by Crippen LogP contribution is 2.11. The second kappa shape index (κ2) is 6.47. The monoisotopic (exact) mass is 283 g/mol. The van der Waals surface area contributed by atoms with Crippen LogP contribution in [0.2, 0.25) is 0 Å². The lowest BCUT2D eigenvalue weighted by Gasteiger charge is -2.23. The lowest BCUT2D eigenvalue weighted by Crippen LogP contribution is -2.35. The average Bonchev–Trinajstić information content (AvgIpc) is 2.39. The molecule has 0 bridgehead atoms. The van der Waals surface area contributed by atoms with Gasteiger partial charge >= 0.3 is 0 Å². The topological polar surface area (TPSA) is 84.2 Å². The summed E-state index contributed by atoms with van der Waals surface area (Å²) < 4.78 is 22.5. The Labute approximate surface area is 114 Å². The molecule has 1 aliphatic heterocycles. The Kier molecular flexibility index (Phi) is 4.93. The van der Waals surface area contributed by atoms with Gasteiger partial charge in [-0.3, -0.25) is 0 Å². The zero-order valence-electron chi connectivity index (χ0n) is 10.9. The van der Waals surface area contributed by atoms with Gasteiger partial charge < -0.3 is 10.6 Å². The molecule has 106 valence electrons. The molecule has 1 atom stereocenters. The smallest absolute Gasteiger partial charge is 0.238 e. The van der Waals surface area contributed by atoms with Gasteiger partial charge in [-0.05, 0) is 56.1 Å². The number of rotatable bonds is 5. The molecule has 2 rings (SSSR count). The summed E-state index contributed by atoms with van der Waals surface area (Å²) in [4.78, 5) is 0.172. The molecule has 0 aliphatic carbocycles. The number of sulfonamides is 1. The minimum Gasteiger partial charge on any atom is -0.316 e. The Bertz CT molecular complexity index is 510. The molecule has 1 heterocycles. The number of hydrogen-bond acceptors (Lipinski definition) is 4. The Hall–Kier alpha value is -0.950. The van der Waals surface area contributed by atoms with E-state index in [0.29, 0.717) is 12.5 Å². The van der Waals surface area contributed by atoms with Crippen LogP contribution >= 0.6 is 0 Å². The maximum atomic E-state index is 11.3. The standard InChI is InChI=1S/C13H21N3O2S/c14-19(17,18)13-5-1-3-11(7-13)8-16-10-12-4-2-6-15-9-12/h1,3,5,7,12,15-16H,2,4,6,8-10H2,(H2,14,17,18). The number of benzene rings is 1. The lowest BCUT2D eigenvalue weighted by molar-refractivity contribution is 0.360. The molecule has 5 nitrogen and oxygen atoms in total. The molecule has 19 heavy (non-hydrogen) atoms. The average molecular weight is 283 g/mol. The van der Waals surface area contributed by atoms with Crippen molar-refractivity contribution >= 4 is 10.0 Å². The molecule has 0 radical (unpaired) electrons. The number of piperidine rings is 1. The van der Waals surface area contributed by atoms with Crippen LogP contribution in [-0.4, -0.2) is 28.1 Å². The third-order valence-electron chi connectivity index (χ3n) is 3.39. The van der Waals surface area contributed by atoms with Gasteiger partial charge in [0.15, 0.2) is 0 Å². The van der Waals surface area contributed by atoms with Gasteiger partial charge in [0.25, 0.3) is 0 Å². The molecule has 0 aromatic heterocycles. The van der Waals surface area contributed by atoms with Gasteiger partial charge in [0.05, 0.1) is 4.90 Å². The first-order valence-electron chi connectivity index (χ1n) is 6.59. The predicted octanol–water partition coefficient (Wildman–Crippen LogP) is 0.423. The summed E-state index contributed by atoms with van der Waals surface area (Å²) in [7, 11) is -3.61. The molecule has 0 saturated carbocycles. The maximum absolute atomic E-state index is 11.3. The van der Waals surface area contributed by atoms with Gasteiger partial charge in [-0.15, -0.1) is 0 Å². The Morgan fingerprint density at radius 3 is 2.95 bits per heavy atom. The van der Waals surface area contributed by atoms with E-state index in [-0.39, 0.29) is 4.90 Å². The van der Waals surface area contributed by atoms with Crippen LogP contribution in [0, 0.1) is 5.92 Å². The SMILES string of the molecule is NS(=O)(=O)c1cccc(CNCC2CCCNC2)c1. The van der Waals surface area contributed by atoms with Crippen molar-refractivity contribution < 1.29 is 8.42 Å². The molecule has 1 saturated heterocycles. The fraction of sp³-hybridized carbons (Fsp3) is 0.538. The van der Waals surface area contributed by atoms with Crippen molar-refractivity contribution in [2.75, 3.05) is 19.6 Å². The van der Waals surface area contributed by atoms with E-state index in [1.165, 1.54) is 18.9 Å². The van der Waals surface area contributed by atoms with Crippen molar-refractivity contribution in [3.8, 4) is 0 Å². The van der Waals surface area contributed by atoms with Crippen molar-refractivity contribution in [1.29, 1.82) is 0 Å². The highest BCUT2D eigenvalue weighted by Gasteiger charge is 2.12. The molecule has 6 heteroatoms. The molecule has 1 aliphatic rings. The number of nitrogens with two attached hydrogens (primary N) is 1. The van der Waals surface area contributed by atoms with Crippen molar-refractivity contribution in [2.24, 2.45) is 11.1 Å². The summed E-state index contributed by atoms with van der Waals surface area (Å²) in [6, 6.07) is 6.77. The Balaban J connectivity index is 1.85. The first kappa shape index (κ1) is 14.5. The van der Waals surface area contributed by atoms with E-state index in [1.807, 2.05) is 6.07 Å². The molecule has 1 unspecified atom stereocenters. The minimum absolute atomic E-state index is 0.172. The van der Waals surface area contributed by atoms with Gasteiger partial charge in [-0.2, -0.15) is 0 Å².